The monoisotopic (exact) mass is 524 g/mol. The Morgan fingerprint density at radius 1 is 1.08 bits per heavy atom. The summed E-state index contributed by atoms with van der Waals surface area (Å²) in [6.45, 7) is 3.29. The van der Waals surface area contributed by atoms with Gasteiger partial charge in [-0.1, -0.05) is 12.1 Å². The number of hydrogen-bond donors (Lipinski definition) is 2. The molecular weight excluding hydrogens is 494 g/mol. The quantitative estimate of drug-likeness (QED) is 0.353. The highest BCUT2D eigenvalue weighted by atomic mass is 19.3. The molecule has 10 heteroatoms. The summed E-state index contributed by atoms with van der Waals surface area (Å²) in [4.78, 5) is 6.40. The fourth-order valence-corrected chi connectivity index (χ4v) is 5.71. The molecule has 2 aromatic carbocycles. The molecule has 3 aromatic rings. The predicted molar refractivity (Wildman–Crippen MR) is 131 cm³/mol. The molecule has 0 saturated carbocycles. The number of hydrogen-bond acceptors (Lipinski definition) is 3. The van der Waals surface area contributed by atoms with Crippen LogP contribution in [0.5, 0.6) is 0 Å². The van der Waals surface area contributed by atoms with E-state index in [0.717, 1.165) is 6.92 Å². The lowest BCUT2D eigenvalue weighted by Crippen LogP contribution is -2.54. The highest BCUT2D eigenvalue weighted by Crippen LogP contribution is 2.44. The van der Waals surface area contributed by atoms with E-state index < -0.39 is 48.7 Å². The van der Waals surface area contributed by atoms with Gasteiger partial charge in [-0.15, -0.1) is 0 Å². The van der Waals surface area contributed by atoms with Crippen molar-refractivity contribution in [2.45, 2.75) is 50.7 Å². The molecule has 0 amide bonds. The summed E-state index contributed by atoms with van der Waals surface area (Å²) in [6, 6.07) is 5.20. The largest absolute Gasteiger partial charge is 0.380 e. The van der Waals surface area contributed by atoms with E-state index in [0.29, 0.717) is 49.1 Å². The Bertz CT molecular complexity index is 1260. The third-order valence-corrected chi connectivity index (χ3v) is 7.34. The van der Waals surface area contributed by atoms with Crippen molar-refractivity contribution in [2.75, 3.05) is 38.2 Å². The van der Waals surface area contributed by atoms with E-state index in [4.69, 9.17) is 0 Å². The lowest BCUT2D eigenvalue weighted by molar-refractivity contribution is -0.0374. The molecule has 1 aromatic heterocycles. The van der Waals surface area contributed by atoms with E-state index in [2.05, 4.69) is 10.3 Å². The Hall–Kier alpha value is -2.72. The van der Waals surface area contributed by atoms with E-state index in [1.54, 1.807) is 19.1 Å². The minimum absolute atomic E-state index is 0.0301. The number of aromatic amines is 1. The zero-order valence-corrected chi connectivity index (χ0v) is 20.7. The van der Waals surface area contributed by atoms with Gasteiger partial charge in [-0.05, 0) is 43.5 Å². The van der Waals surface area contributed by atoms with Gasteiger partial charge in [0.05, 0.1) is 30.8 Å². The number of aromatic nitrogens is 1. The first-order chi connectivity index (χ1) is 17.6. The molecule has 5 rings (SSSR count). The van der Waals surface area contributed by atoms with Gasteiger partial charge in [0.1, 0.15) is 17.5 Å². The van der Waals surface area contributed by atoms with E-state index >= 15 is 8.78 Å². The molecule has 4 nitrogen and oxygen atoms in total. The molecule has 2 N–H and O–H groups in total. The third-order valence-electron chi connectivity index (χ3n) is 7.34. The first-order valence-corrected chi connectivity index (χ1v) is 12.5. The molecule has 0 aliphatic carbocycles. The number of rotatable bonds is 8. The van der Waals surface area contributed by atoms with Crippen LogP contribution in [0.2, 0.25) is 0 Å². The molecule has 2 aliphatic heterocycles. The van der Waals surface area contributed by atoms with Crippen molar-refractivity contribution in [2.24, 2.45) is 0 Å². The number of H-pyrrole nitrogens is 1. The highest BCUT2D eigenvalue weighted by molar-refractivity contribution is 5.86. The van der Waals surface area contributed by atoms with Crippen LogP contribution in [-0.2, 0) is 6.42 Å². The highest BCUT2D eigenvalue weighted by Gasteiger charge is 2.42. The third kappa shape index (κ3) is 5.05. The normalized spacial score (nSPS) is 21.3. The van der Waals surface area contributed by atoms with Crippen LogP contribution >= 0.6 is 0 Å². The van der Waals surface area contributed by atoms with E-state index in [9.17, 15) is 17.6 Å². The summed E-state index contributed by atoms with van der Waals surface area (Å²) in [6.07, 6.45) is 0.770. The Balaban J connectivity index is 1.52. The fraction of sp³-hybridized carbons (Fsp3) is 0.481. The van der Waals surface area contributed by atoms with Crippen LogP contribution in [0.15, 0.2) is 30.3 Å². The average molecular weight is 525 g/mol. The lowest BCUT2D eigenvalue weighted by atomic mass is 9.87. The molecular formula is C27H30F6N4. The van der Waals surface area contributed by atoms with Crippen molar-refractivity contribution in [3.8, 4) is 0 Å². The van der Waals surface area contributed by atoms with Crippen LogP contribution < -0.4 is 5.32 Å². The average Bonchev–Trinajstić information content (AvgIpc) is 3.15. The lowest BCUT2D eigenvalue weighted by Gasteiger charge is -2.42. The number of benzene rings is 2. The second-order valence-electron chi connectivity index (χ2n) is 10.4. The van der Waals surface area contributed by atoms with Crippen LogP contribution in [0.3, 0.4) is 0 Å². The van der Waals surface area contributed by atoms with Crippen LogP contribution in [0, 0.1) is 17.5 Å². The molecule has 0 radical (unpaired) electrons. The van der Waals surface area contributed by atoms with Gasteiger partial charge in [0.2, 0.25) is 0 Å². The summed E-state index contributed by atoms with van der Waals surface area (Å²) in [5.74, 6) is -5.38. The van der Waals surface area contributed by atoms with Crippen molar-refractivity contribution in [1.29, 1.82) is 0 Å². The minimum Gasteiger partial charge on any atom is -0.380 e. The summed E-state index contributed by atoms with van der Waals surface area (Å²) in [7, 11) is 0. The molecule has 1 fully saturated rings. The van der Waals surface area contributed by atoms with Crippen molar-refractivity contribution in [1.82, 2.24) is 14.8 Å². The number of anilines is 1. The van der Waals surface area contributed by atoms with Gasteiger partial charge in [-0.2, -0.15) is 0 Å². The van der Waals surface area contributed by atoms with Crippen LogP contribution in [0.1, 0.15) is 43.1 Å². The Kier molecular flexibility index (Phi) is 6.91. The summed E-state index contributed by atoms with van der Waals surface area (Å²) in [5, 5.41) is 3.68. The first-order valence-electron chi connectivity index (χ1n) is 12.5. The van der Waals surface area contributed by atoms with Crippen molar-refractivity contribution >= 4 is 16.6 Å². The van der Waals surface area contributed by atoms with Crippen molar-refractivity contribution < 1.29 is 26.3 Å². The standard InChI is InChI=1S/C27H30F6N4/c1-15-9-19-18-5-3-6-20(29)24(18)35-25(19)26(37(15)14-27(2,32)33)23-21(30)10-16(11-22(23)31)34-17-12-36(13-17)8-4-7-28/h3,5-6,10-11,15,17,26,34-35H,4,7-9,12-14H2,1-2H3/t15-,26-/m0/s1. The van der Waals surface area contributed by atoms with Gasteiger partial charge in [0.15, 0.2) is 0 Å². The second-order valence-corrected chi connectivity index (χ2v) is 10.4. The van der Waals surface area contributed by atoms with Crippen molar-refractivity contribution in [3.05, 3.63) is 64.6 Å². The molecule has 0 bridgehead atoms. The zero-order chi connectivity index (χ0) is 26.5. The molecule has 2 aliphatic rings. The molecule has 200 valence electrons. The van der Waals surface area contributed by atoms with Crippen molar-refractivity contribution in [3.63, 3.8) is 0 Å². The van der Waals surface area contributed by atoms with Gasteiger partial charge in [-0.3, -0.25) is 14.2 Å². The Morgan fingerprint density at radius 3 is 2.43 bits per heavy atom. The topological polar surface area (TPSA) is 34.3 Å². The van der Waals surface area contributed by atoms with E-state index in [1.165, 1.54) is 23.1 Å². The zero-order valence-electron chi connectivity index (χ0n) is 20.7. The molecule has 1 saturated heterocycles. The van der Waals surface area contributed by atoms with Crippen LogP contribution in [-0.4, -0.2) is 65.6 Å². The second kappa shape index (κ2) is 9.87. The number of para-hydroxylation sites is 1. The molecule has 2 atom stereocenters. The van der Waals surface area contributed by atoms with Gasteiger partial charge in [0.25, 0.3) is 5.92 Å². The van der Waals surface area contributed by atoms with Crippen LogP contribution in [0.25, 0.3) is 10.9 Å². The minimum atomic E-state index is -3.12. The number of fused-ring (bicyclic) bond motifs is 3. The predicted octanol–water partition coefficient (Wildman–Crippen LogP) is 6.03. The van der Waals surface area contributed by atoms with E-state index in [-0.39, 0.29) is 22.8 Å². The summed E-state index contributed by atoms with van der Waals surface area (Å²) >= 11 is 0. The van der Waals surface area contributed by atoms with Crippen LogP contribution in [0.4, 0.5) is 32.0 Å². The van der Waals surface area contributed by atoms with E-state index in [1.807, 2.05) is 4.90 Å². The number of likely N-dealkylation sites (tertiary alicyclic amines) is 1. The molecule has 0 unspecified atom stereocenters. The molecule has 37 heavy (non-hydrogen) atoms. The Labute approximate surface area is 211 Å². The number of nitrogens with one attached hydrogen (secondary N) is 2. The summed E-state index contributed by atoms with van der Waals surface area (Å²) in [5.41, 5.74) is 1.08. The first kappa shape index (κ1) is 25.9. The maximum Gasteiger partial charge on any atom is 0.257 e. The van der Waals surface area contributed by atoms with Gasteiger partial charge >= 0.3 is 0 Å². The Morgan fingerprint density at radius 2 is 1.78 bits per heavy atom. The smallest absolute Gasteiger partial charge is 0.257 e. The summed E-state index contributed by atoms with van der Waals surface area (Å²) < 4.78 is 86.7. The molecule has 0 spiro atoms. The maximum absolute atomic E-state index is 15.6. The fourth-order valence-electron chi connectivity index (χ4n) is 5.71. The SMILES string of the molecule is C[C@H]1Cc2c([nH]c3c(F)cccc23)[C@H](c2c(F)cc(NC3CN(CCCF)C3)cc2F)N1CC(C)(F)F. The molecule has 3 heterocycles. The number of alkyl halides is 3. The maximum atomic E-state index is 15.6. The van der Waals surface area contributed by atoms with Gasteiger partial charge in [-0.25, -0.2) is 22.0 Å². The number of nitrogens with zero attached hydrogens (tertiary/aromatic N) is 2. The van der Waals surface area contributed by atoms with Gasteiger partial charge in [0, 0.05) is 54.9 Å². The number of halogens is 6. The van der Waals surface area contributed by atoms with Gasteiger partial charge < -0.3 is 10.3 Å².